The van der Waals surface area contributed by atoms with Crippen LogP contribution in [0.2, 0.25) is 0 Å². The molecule has 0 aromatic carbocycles. The maximum absolute atomic E-state index is 12.9. The Kier molecular flexibility index (Phi) is 5.28. The summed E-state index contributed by atoms with van der Waals surface area (Å²) in [6.07, 6.45) is -0.823. The molecule has 0 amide bonds. The monoisotopic (exact) mass is 357 g/mol. The van der Waals surface area contributed by atoms with Crippen LogP contribution < -0.4 is 11.4 Å². The Hall–Kier alpha value is -0.740. The van der Waals surface area contributed by atoms with Crippen molar-refractivity contribution in [2.45, 2.75) is 25.9 Å². The van der Waals surface area contributed by atoms with E-state index in [-0.39, 0.29) is 12.5 Å². The summed E-state index contributed by atoms with van der Waals surface area (Å²) in [4.78, 5) is 15.0. The minimum atomic E-state index is -1.32. The average molecular weight is 357 g/mol. The second-order valence-corrected chi connectivity index (χ2v) is 4.58. The lowest BCUT2D eigenvalue weighted by Gasteiger charge is -2.17. The quantitative estimate of drug-likeness (QED) is 0.731. The molecule has 1 rings (SSSR count). The predicted molar refractivity (Wildman–Crippen MR) is 68.2 cm³/mol. The molecule has 0 bridgehead atoms. The van der Waals surface area contributed by atoms with E-state index in [2.05, 4.69) is 4.98 Å². The number of aliphatic hydroxyl groups is 1. The van der Waals surface area contributed by atoms with Crippen LogP contribution in [0.25, 0.3) is 0 Å². The second-order valence-electron chi connectivity index (χ2n) is 3.42. The summed E-state index contributed by atoms with van der Waals surface area (Å²) < 4.78 is 19.7. The Morgan fingerprint density at radius 3 is 2.94 bits per heavy atom. The highest BCUT2D eigenvalue weighted by atomic mass is 127. The molecule has 0 saturated heterocycles. The molecule has 8 heteroatoms. The van der Waals surface area contributed by atoms with E-state index in [1.54, 1.807) is 0 Å². The van der Waals surface area contributed by atoms with Crippen LogP contribution in [0.3, 0.4) is 0 Å². The summed E-state index contributed by atoms with van der Waals surface area (Å²) in [6.45, 7) is 0.641. The van der Waals surface area contributed by atoms with Crippen LogP contribution >= 0.6 is 22.6 Å². The fourth-order valence-corrected chi connectivity index (χ4v) is 1.53. The number of anilines is 1. The van der Waals surface area contributed by atoms with Crippen molar-refractivity contribution in [2.24, 2.45) is 0 Å². The lowest BCUT2D eigenvalue weighted by molar-refractivity contribution is -0.0601. The van der Waals surface area contributed by atoms with Crippen LogP contribution in [-0.2, 0) is 11.5 Å². The van der Waals surface area contributed by atoms with Gasteiger partial charge >= 0.3 is 5.69 Å². The number of hydrogen-bond donors (Lipinski definition) is 2. The number of halogens is 2. The van der Waals surface area contributed by atoms with Gasteiger partial charge in [0.1, 0.15) is 24.8 Å². The van der Waals surface area contributed by atoms with Crippen molar-refractivity contribution in [1.82, 2.24) is 9.55 Å². The highest BCUT2D eigenvalue weighted by Gasteiger charge is 2.16. The Labute approximate surface area is 111 Å². The third-order valence-electron chi connectivity index (χ3n) is 2.10. The maximum Gasteiger partial charge on any atom is 0.351 e. The molecule has 3 N–H and O–H groups in total. The van der Waals surface area contributed by atoms with E-state index in [0.717, 1.165) is 4.57 Å². The van der Waals surface area contributed by atoms with E-state index in [0.29, 0.717) is 3.57 Å². The maximum atomic E-state index is 12.9. The first-order chi connectivity index (χ1) is 7.95. The number of nitrogens with zero attached hydrogens (tertiary/aromatic N) is 2. The Balaban J connectivity index is 2.76. The molecule has 0 fully saturated rings. The van der Waals surface area contributed by atoms with Crippen molar-refractivity contribution in [3.8, 4) is 0 Å². The molecule has 1 aromatic rings. The van der Waals surface area contributed by atoms with E-state index in [9.17, 15) is 9.18 Å². The number of alkyl halides is 1. The van der Waals surface area contributed by atoms with Gasteiger partial charge in [0.2, 0.25) is 0 Å². The van der Waals surface area contributed by atoms with E-state index in [1.807, 2.05) is 22.6 Å². The molecular weight excluding hydrogens is 344 g/mol. The smallest absolute Gasteiger partial charge is 0.351 e. The molecule has 6 nitrogen and oxygen atoms in total. The van der Waals surface area contributed by atoms with Crippen LogP contribution in [0.1, 0.15) is 6.92 Å². The van der Waals surface area contributed by atoms with Crippen molar-refractivity contribution in [3.63, 3.8) is 0 Å². The summed E-state index contributed by atoms with van der Waals surface area (Å²) in [5.41, 5.74) is 4.87. The molecule has 0 saturated carbocycles. The summed E-state index contributed by atoms with van der Waals surface area (Å²) >= 11 is 1.92. The first kappa shape index (κ1) is 14.3. The molecule has 2 unspecified atom stereocenters. The molecule has 0 aliphatic heterocycles. The molecule has 0 aliphatic rings. The average Bonchev–Trinajstić information content (AvgIpc) is 2.25. The van der Waals surface area contributed by atoms with Crippen LogP contribution in [0.15, 0.2) is 11.0 Å². The first-order valence-corrected chi connectivity index (χ1v) is 5.92. The van der Waals surface area contributed by atoms with Crippen LogP contribution in [-0.4, -0.2) is 33.5 Å². The van der Waals surface area contributed by atoms with Gasteiger partial charge in [-0.1, -0.05) is 0 Å². The van der Waals surface area contributed by atoms with Crippen molar-refractivity contribution < 1.29 is 14.2 Å². The number of rotatable bonds is 5. The van der Waals surface area contributed by atoms with Crippen molar-refractivity contribution in [3.05, 3.63) is 20.3 Å². The van der Waals surface area contributed by atoms with E-state index in [1.165, 1.54) is 13.1 Å². The van der Waals surface area contributed by atoms with Gasteiger partial charge in [-0.05, 0) is 29.5 Å². The van der Waals surface area contributed by atoms with Gasteiger partial charge in [-0.15, -0.1) is 0 Å². The predicted octanol–water partition coefficient (Wildman–Crippen LogP) is 0.123. The third-order valence-corrected chi connectivity index (χ3v) is 2.93. The highest BCUT2D eigenvalue weighted by Crippen LogP contribution is 2.09. The fraction of sp³-hybridized carbons (Fsp3) is 0.556. The van der Waals surface area contributed by atoms with Crippen molar-refractivity contribution in [1.29, 1.82) is 0 Å². The van der Waals surface area contributed by atoms with E-state index in [4.69, 9.17) is 15.6 Å². The third kappa shape index (κ3) is 3.89. The summed E-state index contributed by atoms with van der Waals surface area (Å²) in [5, 5.41) is 8.85. The van der Waals surface area contributed by atoms with Crippen LogP contribution in [0, 0.1) is 3.57 Å². The van der Waals surface area contributed by atoms with Crippen molar-refractivity contribution in [2.75, 3.05) is 12.3 Å². The standard InChI is InChI=1S/C9H13FIN3O3/c1-5(10)7(3-15)17-4-14-2-6(11)8(12)13-9(14)16/h2,5,7,15H,3-4H2,1H3,(H2,12,13,16). The molecule has 0 spiro atoms. The molecule has 0 aliphatic carbocycles. The summed E-state index contributed by atoms with van der Waals surface area (Å²) in [7, 11) is 0. The van der Waals surface area contributed by atoms with E-state index < -0.39 is 24.6 Å². The largest absolute Gasteiger partial charge is 0.394 e. The van der Waals surface area contributed by atoms with Crippen LogP contribution in [0.4, 0.5) is 10.2 Å². The minimum Gasteiger partial charge on any atom is -0.394 e. The first-order valence-electron chi connectivity index (χ1n) is 4.84. The molecule has 1 heterocycles. The number of nitrogens with two attached hydrogens (primary N) is 1. The minimum absolute atomic E-state index is 0.143. The molecule has 2 atom stereocenters. The normalized spacial score (nSPS) is 14.6. The van der Waals surface area contributed by atoms with Gasteiger partial charge in [-0.2, -0.15) is 4.98 Å². The lowest BCUT2D eigenvalue weighted by atomic mass is 10.3. The van der Waals surface area contributed by atoms with Gasteiger partial charge in [0, 0.05) is 6.20 Å². The van der Waals surface area contributed by atoms with Gasteiger partial charge in [0.25, 0.3) is 0 Å². The Morgan fingerprint density at radius 1 is 1.76 bits per heavy atom. The molecule has 17 heavy (non-hydrogen) atoms. The topological polar surface area (TPSA) is 90.4 Å². The second kappa shape index (κ2) is 6.26. The van der Waals surface area contributed by atoms with Crippen molar-refractivity contribution >= 4 is 28.4 Å². The van der Waals surface area contributed by atoms with Gasteiger partial charge in [-0.3, -0.25) is 4.57 Å². The van der Waals surface area contributed by atoms with Crippen LogP contribution in [0.5, 0.6) is 0 Å². The molecule has 1 aromatic heterocycles. The highest BCUT2D eigenvalue weighted by molar-refractivity contribution is 14.1. The molecule has 96 valence electrons. The fourth-order valence-electron chi connectivity index (χ4n) is 1.08. The number of aromatic nitrogens is 2. The number of nitrogen functional groups attached to an aromatic ring is 1. The zero-order valence-corrected chi connectivity index (χ0v) is 11.3. The Morgan fingerprint density at radius 2 is 2.41 bits per heavy atom. The number of ether oxygens (including phenoxy) is 1. The molecule has 0 radical (unpaired) electrons. The van der Waals surface area contributed by atoms with E-state index >= 15 is 0 Å². The number of aliphatic hydroxyl groups excluding tert-OH is 1. The summed E-state index contributed by atoms with van der Waals surface area (Å²) in [5.74, 6) is 0.143. The molecular formula is C9H13FIN3O3. The zero-order valence-electron chi connectivity index (χ0n) is 9.14. The van der Waals surface area contributed by atoms with Gasteiger partial charge in [-0.25, -0.2) is 9.18 Å². The summed E-state index contributed by atoms with van der Waals surface area (Å²) in [6, 6.07) is 0. The van der Waals surface area contributed by atoms with Gasteiger partial charge in [0.15, 0.2) is 0 Å². The zero-order chi connectivity index (χ0) is 13.0. The van der Waals surface area contributed by atoms with Gasteiger partial charge < -0.3 is 15.6 Å². The number of hydrogen-bond acceptors (Lipinski definition) is 5. The lowest BCUT2D eigenvalue weighted by Crippen LogP contribution is -2.32. The SMILES string of the molecule is CC(F)C(CO)OCn1cc(I)c(N)nc1=O. The Bertz CT molecular complexity index is 438. The van der Waals surface area contributed by atoms with Gasteiger partial charge in [0.05, 0.1) is 10.2 Å².